The van der Waals surface area contributed by atoms with Crippen molar-refractivity contribution in [3.8, 4) is 0 Å². The average molecular weight is 349 g/mol. The molecule has 6 heteroatoms. The lowest BCUT2D eigenvalue weighted by Crippen LogP contribution is -2.29. The van der Waals surface area contributed by atoms with Crippen molar-refractivity contribution in [1.82, 2.24) is 20.1 Å². The minimum atomic E-state index is -0.118. The molecule has 2 heterocycles. The van der Waals surface area contributed by atoms with Gasteiger partial charge in [-0.2, -0.15) is 0 Å². The highest BCUT2D eigenvalue weighted by atomic mass is 79.9. The monoisotopic (exact) mass is 348 g/mol. The number of carbonyl (C=O) groups is 1. The molecule has 1 N–H and O–H groups in total. The highest BCUT2D eigenvalue weighted by molar-refractivity contribution is 9.10. The Morgan fingerprint density at radius 1 is 1.38 bits per heavy atom. The second kappa shape index (κ2) is 5.97. The Balaban J connectivity index is 1.63. The van der Waals surface area contributed by atoms with E-state index in [1.165, 1.54) is 0 Å². The first kappa shape index (κ1) is 14.3. The summed E-state index contributed by atoms with van der Waals surface area (Å²) < 4.78 is 3.13. The largest absolute Gasteiger partial charge is 0.346 e. The van der Waals surface area contributed by atoms with Crippen LogP contribution in [0.5, 0.6) is 0 Å². The Kier molecular flexibility index (Phi) is 4.05. The molecule has 1 aliphatic rings. The van der Waals surface area contributed by atoms with Crippen molar-refractivity contribution in [2.75, 3.05) is 0 Å². The maximum absolute atomic E-state index is 12.1. The molecule has 0 aliphatic carbocycles. The molecule has 2 aromatic rings. The first-order valence-electron chi connectivity index (χ1n) is 7.09. The molecule has 0 fully saturated rings. The van der Waals surface area contributed by atoms with Crippen LogP contribution >= 0.6 is 15.9 Å². The molecule has 0 radical (unpaired) electrons. The zero-order valence-electron chi connectivity index (χ0n) is 11.8. The van der Waals surface area contributed by atoms with E-state index in [0.29, 0.717) is 6.42 Å². The van der Waals surface area contributed by atoms with Crippen LogP contribution in [0.2, 0.25) is 0 Å². The van der Waals surface area contributed by atoms with Gasteiger partial charge in [-0.05, 0) is 31.0 Å². The predicted octanol–water partition coefficient (Wildman–Crippen LogP) is 2.41. The van der Waals surface area contributed by atoms with E-state index in [9.17, 15) is 4.79 Å². The van der Waals surface area contributed by atoms with Gasteiger partial charge < -0.3 is 9.88 Å². The lowest BCUT2D eigenvalue weighted by Gasteiger charge is -2.14. The summed E-state index contributed by atoms with van der Waals surface area (Å²) in [5.74, 6) is 1.88. The summed E-state index contributed by atoms with van der Waals surface area (Å²) in [6, 6.07) is 7.66. The zero-order chi connectivity index (χ0) is 14.8. The van der Waals surface area contributed by atoms with Crippen molar-refractivity contribution in [2.45, 2.75) is 38.8 Å². The third kappa shape index (κ3) is 3.15. The van der Waals surface area contributed by atoms with Gasteiger partial charge in [0.25, 0.3) is 0 Å². The van der Waals surface area contributed by atoms with Crippen LogP contribution in [0.15, 0.2) is 28.7 Å². The molecule has 1 aliphatic heterocycles. The SMILES string of the molecule is CC(NC(=O)Cc1ccc(Br)cc1)c1nnc2n1CCC2. The summed E-state index contributed by atoms with van der Waals surface area (Å²) in [6.07, 6.45) is 2.46. The van der Waals surface area contributed by atoms with E-state index in [0.717, 1.165) is 41.1 Å². The summed E-state index contributed by atoms with van der Waals surface area (Å²) in [5.41, 5.74) is 0.995. The summed E-state index contributed by atoms with van der Waals surface area (Å²) in [4.78, 5) is 12.1. The van der Waals surface area contributed by atoms with E-state index in [-0.39, 0.29) is 11.9 Å². The summed E-state index contributed by atoms with van der Waals surface area (Å²) in [7, 11) is 0. The molecule has 1 atom stereocenters. The minimum absolute atomic E-state index is 0.000157. The van der Waals surface area contributed by atoms with Crippen molar-refractivity contribution in [1.29, 1.82) is 0 Å². The lowest BCUT2D eigenvalue weighted by molar-refractivity contribution is -0.121. The average Bonchev–Trinajstić information content (AvgIpc) is 3.03. The Labute approximate surface area is 131 Å². The Morgan fingerprint density at radius 2 is 2.14 bits per heavy atom. The summed E-state index contributed by atoms with van der Waals surface area (Å²) >= 11 is 3.39. The van der Waals surface area contributed by atoms with Crippen LogP contribution in [0.4, 0.5) is 0 Å². The minimum Gasteiger partial charge on any atom is -0.346 e. The van der Waals surface area contributed by atoms with Crippen LogP contribution in [0.25, 0.3) is 0 Å². The van der Waals surface area contributed by atoms with Crippen molar-refractivity contribution in [2.24, 2.45) is 0 Å². The molecule has 5 nitrogen and oxygen atoms in total. The molecule has 1 amide bonds. The van der Waals surface area contributed by atoms with Crippen molar-refractivity contribution in [3.05, 3.63) is 46.0 Å². The van der Waals surface area contributed by atoms with Crippen LogP contribution < -0.4 is 5.32 Å². The van der Waals surface area contributed by atoms with Crippen LogP contribution in [0.1, 0.15) is 36.6 Å². The number of hydrogen-bond donors (Lipinski definition) is 1. The highest BCUT2D eigenvalue weighted by Gasteiger charge is 2.22. The van der Waals surface area contributed by atoms with Crippen LogP contribution in [0.3, 0.4) is 0 Å². The molecule has 0 saturated carbocycles. The van der Waals surface area contributed by atoms with Gasteiger partial charge in [0.1, 0.15) is 5.82 Å². The van der Waals surface area contributed by atoms with E-state index in [1.54, 1.807) is 0 Å². The van der Waals surface area contributed by atoms with Crippen molar-refractivity contribution in [3.63, 3.8) is 0 Å². The Morgan fingerprint density at radius 3 is 2.90 bits per heavy atom. The van der Waals surface area contributed by atoms with Gasteiger partial charge in [-0.15, -0.1) is 10.2 Å². The smallest absolute Gasteiger partial charge is 0.224 e. The van der Waals surface area contributed by atoms with E-state index >= 15 is 0 Å². The van der Waals surface area contributed by atoms with Crippen molar-refractivity contribution < 1.29 is 4.79 Å². The standard InChI is InChI=1S/C15H17BrN4O/c1-10(15-19-18-13-3-2-8-20(13)15)17-14(21)9-11-4-6-12(16)7-5-11/h4-7,10H,2-3,8-9H2,1H3,(H,17,21). The van der Waals surface area contributed by atoms with E-state index < -0.39 is 0 Å². The number of nitrogens with one attached hydrogen (secondary N) is 1. The maximum atomic E-state index is 12.1. The molecule has 1 aromatic heterocycles. The molecule has 3 rings (SSSR count). The number of halogens is 1. The molecular weight excluding hydrogens is 332 g/mol. The molecule has 1 aromatic carbocycles. The van der Waals surface area contributed by atoms with Gasteiger partial charge in [0.05, 0.1) is 12.5 Å². The number of nitrogens with zero attached hydrogens (tertiary/aromatic N) is 3. The van der Waals surface area contributed by atoms with E-state index in [4.69, 9.17) is 0 Å². The normalized spacial score (nSPS) is 14.8. The van der Waals surface area contributed by atoms with E-state index in [2.05, 4.69) is 36.0 Å². The summed E-state index contributed by atoms with van der Waals surface area (Å²) in [5, 5.41) is 11.4. The molecule has 21 heavy (non-hydrogen) atoms. The molecule has 0 spiro atoms. The fraction of sp³-hybridized carbons (Fsp3) is 0.400. The molecule has 0 bridgehead atoms. The quantitative estimate of drug-likeness (QED) is 0.922. The lowest BCUT2D eigenvalue weighted by atomic mass is 10.1. The fourth-order valence-electron chi connectivity index (χ4n) is 2.64. The maximum Gasteiger partial charge on any atom is 0.224 e. The van der Waals surface area contributed by atoms with Crippen molar-refractivity contribution >= 4 is 21.8 Å². The Hall–Kier alpha value is -1.69. The highest BCUT2D eigenvalue weighted by Crippen LogP contribution is 2.19. The topological polar surface area (TPSA) is 59.8 Å². The first-order valence-corrected chi connectivity index (χ1v) is 7.88. The van der Waals surface area contributed by atoms with E-state index in [1.807, 2.05) is 31.2 Å². The third-order valence-corrected chi connectivity index (χ3v) is 4.21. The number of aromatic nitrogens is 3. The van der Waals surface area contributed by atoms with Gasteiger partial charge in [0, 0.05) is 17.4 Å². The number of carbonyl (C=O) groups excluding carboxylic acids is 1. The number of rotatable bonds is 4. The Bertz CT molecular complexity index is 650. The first-order chi connectivity index (χ1) is 10.1. The molecule has 0 saturated heterocycles. The number of aryl methyl sites for hydroxylation is 1. The second-order valence-corrected chi connectivity index (χ2v) is 6.24. The van der Waals surface area contributed by atoms with Gasteiger partial charge in [-0.1, -0.05) is 28.1 Å². The van der Waals surface area contributed by atoms with Gasteiger partial charge in [-0.25, -0.2) is 0 Å². The van der Waals surface area contributed by atoms with Crippen LogP contribution in [-0.2, 0) is 24.2 Å². The number of fused-ring (bicyclic) bond motifs is 1. The fourth-order valence-corrected chi connectivity index (χ4v) is 2.90. The van der Waals surface area contributed by atoms with Crippen LogP contribution in [-0.4, -0.2) is 20.7 Å². The van der Waals surface area contributed by atoms with Gasteiger partial charge >= 0.3 is 0 Å². The molecule has 1 unspecified atom stereocenters. The third-order valence-electron chi connectivity index (χ3n) is 3.68. The van der Waals surface area contributed by atoms with Gasteiger partial charge in [0.2, 0.25) is 5.91 Å². The molecule has 110 valence electrons. The predicted molar refractivity (Wildman–Crippen MR) is 82.7 cm³/mol. The zero-order valence-corrected chi connectivity index (χ0v) is 13.4. The molecular formula is C15H17BrN4O. The number of benzene rings is 1. The van der Waals surface area contributed by atoms with Crippen LogP contribution in [0, 0.1) is 0 Å². The van der Waals surface area contributed by atoms with Gasteiger partial charge in [0.15, 0.2) is 5.82 Å². The number of amides is 1. The second-order valence-electron chi connectivity index (χ2n) is 5.32. The summed E-state index contributed by atoms with van der Waals surface area (Å²) in [6.45, 7) is 2.90. The van der Waals surface area contributed by atoms with Gasteiger partial charge in [-0.3, -0.25) is 4.79 Å². The number of hydrogen-bond acceptors (Lipinski definition) is 3.